The summed E-state index contributed by atoms with van der Waals surface area (Å²) in [6.45, 7) is 0.671. The van der Waals surface area contributed by atoms with Crippen LogP contribution in [-0.4, -0.2) is 40.3 Å². The number of esters is 2. The van der Waals surface area contributed by atoms with Crippen LogP contribution in [0.5, 0.6) is 0 Å². The molecule has 0 bridgehead atoms. The Kier molecular flexibility index (Phi) is 5.89. The SMILES string of the molecule is [2H]C([2H])([2H])c1cn(C2CC(OC(=O)c3ccc(C)cc3)C(COC(=O)c3ccc(C)cc3)O2)c(=O)[nH]c1=O. The quantitative estimate of drug-likeness (QED) is 0.538. The highest BCUT2D eigenvalue weighted by atomic mass is 16.6. The summed E-state index contributed by atoms with van der Waals surface area (Å²) in [5.74, 6) is -1.27. The molecule has 35 heavy (non-hydrogen) atoms. The molecule has 9 heteroatoms. The van der Waals surface area contributed by atoms with Crippen LogP contribution in [0.2, 0.25) is 0 Å². The summed E-state index contributed by atoms with van der Waals surface area (Å²) in [5.41, 5.74) is 0.00804. The van der Waals surface area contributed by atoms with Crippen molar-refractivity contribution in [1.82, 2.24) is 9.55 Å². The van der Waals surface area contributed by atoms with Crippen molar-refractivity contribution in [2.45, 2.75) is 45.6 Å². The molecule has 3 unspecified atom stereocenters. The maximum atomic E-state index is 12.8. The van der Waals surface area contributed by atoms with E-state index in [-0.39, 0.29) is 13.0 Å². The van der Waals surface area contributed by atoms with Crippen LogP contribution in [0.1, 0.15) is 54.2 Å². The lowest BCUT2D eigenvalue weighted by Gasteiger charge is -2.19. The summed E-state index contributed by atoms with van der Waals surface area (Å²) in [6.07, 6.45) is -2.16. The van der Waals surface area contributed by atoms with Crippen molar-refractivity contribution < 1.29 is 27.9 Å². The van der Waals surface area contributed by atoms with E-state index in [0.717, 1.165) is 21.9 Å². The van der Waals surface area contributed by atoms with E-state index in [1.165, 1.54) is 0 Å². The summed E-state index contributed by atoms with van der Waals surface area (Å²) >= 11 is 0. The fourth-order valence-electron chi connectivity index (χ4n) is 3.67. The van der Waals surface area contributed by atoms with Crippen LogP contribution in [0.25, 0.3) is 0 Å². The van der Waals surface area contributed by atoms with Gasteiger partial charge in [0.2, 0.25) is 0 Å². The predicted octanol–water partition coefficient (Wildman–Crippen LogP) is 2.83. The number of nitrogens with zero attached hydrogens (tertiary/aromatic N) is 1. The Morgan fingerprint density at radius 2 is 1.63 bits per heavy atom. The molecule has 3 atom stereocenters. The first kappa shape index (κ1) is 20.4. The number of nitrogens with one attached hydrogen (secondary N) is 1. The van der Waals surface area contributed by atoms with Gasteiger partial charge >= 0.3 is 17.6 Å². The fourth-order valence-corrected chi connectivity index (χ4v) is 3.67. The fraction of sp³-hybridized carbons (Fsp3) is 0.308. The minimum Gasteiger partial charge on any atom is -0.459 e. The lowest BCUT2D eigenvalue weighted by molar-refractivity contribution is -0.0582. The van der Waals surface area contributed by atoms with Gasteiger partial charge in [-0.15, -0.1) is 0 Å². The van der Waals surface area contributed by atoms with Gasteiger partial charge in [0.1, 0.15) is 25.0 Å². The average Bonchev–Trinajstić information content (AvgIpc) is 3.24. The van der Waals surface area contributed by atoms with Crippen LogP contribution in [0.15, 0.2) is 64.3 Å². The van der Waals surface area contributed by atoms with Gasteiger partial charge in [0.25, 0.3) is 5.56 Å². The zero-order valence-corrected chi connectivity index (χ0v) is 19.1. The minimum absolute atomic E-state index is 0.0588. The van der Waals surface area contributed by atoms with Crippen molar-refractivity contribution in [3.05, 3.63) is 103 Å². The van der Waals surface area contributed by atoms with Crippen molar-refractivity contribution in [1.29, 1.82) is 0 Å². The molecule has 0 saturated carbocycles. The molecule has 1 N–H and O–H groups in total. The highest BCUT2D eigenvalue weighted by molar-refractivity contribution is 5.90. The number of aryl methyl sites for hydroxylation is 3. The largest absolute Gasteiger partial charge is 0.459 e. The van der Waals surface area contributed by atoms with E-state index in [1.54, 1.807) is 48.5 Å². The molecule has 1 saturated heterocycles. The standard InChI is InChI=1S/C26H26N2O7/c1-15-4-8-18(9-5-15)24(30)33-14-21-20(35-25(31)19-10-6-16(2)7-11-19)12-22(34-21)28-13-17(3)23(29)27-26(28)32/h4-11,13,20-22H,12,14H2,1-3H3,(H,27,29,32)/i3D3. The van der Waals surface area contributed by atoms with Gasteiger partial charge in [-0.05, 0) is 45.0 Å². The topological polar surface area (TPSA) is 117 Å². The van der Waals surface area contributed by atoms with Crippen LogP contribution < -0.4 is 11.2 Å². The molecule has 1 aromatic heterocycles. The number of hydrogen-bond acceptors (Lipinski definition) is 7. The Hall–Kier alpha value is -3.98. The zero-order valence-electron chi connectivity index (χ0n) is 22.1. The summed E-state index contributed by atoms with van der Waals surface area (Å²) in [4.78, 5) is 51.9. The highest BCUT2D eigenvalue weighted by Gasteiger charge is 2.40. The van der Waals surface area contributed by atoms with Gasteiger partial charge in [0.05, 0.1) is 11.1 Å². The van der Waals surface area contributed by atoms with E-state index in [9.17, 15) is 19.2 Å². The maximum absolute atomic E-state index is 12.8. The van der Waals surface area contributed by atoms with E-state index in [2.05, 4.69) is 0 Å². The lowest BCUT2D eigenvalue weighted by atomic mass is 10.1. The van der Waals surface area contributed by atoms with Crippen molar-refractivity contribution in [3.63, 3.8) is 0 Å². The number of H-pyrrole nitrogens is 1. The molecule has 1 fully saturated rings. The number of benzene rings is 2. The monoisotopic (exact) mass is 481 g/mol. The number of aromatic nitrogens is 2. The summed E-state index contributed by atoms with van der Waals surface area (Å²) in [7, 11) is 0. The summed E-state index contributed by atoms with van der Waals surface area (Å²) < 4.78 is 40.6. The van der Waals surface area contributed by atoms with E-state index in [1.807, 2.05) is 18.8 Å². The van der Waals surface area contributed by atoms with Crippen molar-refractivity contribution >= 4 is 11.9 Å². The molecule has 2 aromatic carbocycles. The third-order valence-corrected chi connectivity index (χ3v) is 5.67. The van der Waals surface area contributed by atoms with Gasteiger partial charge in [0.15, 0.2) is 0 Å². The van der Waals surface area contributed by atoms with Gasteiger partial charge in [-0.1, -0.05) is 35.4 Å². The van der Waals surface area contributed by atoms with Gasteiger partial charge < -0.3 is 14.2 Å². The predicted molar refractivity (Wildman–Crippen MR) is 126 cm³/mol. The Bertz CT molecular complexity index is 1440. The molecule has 0 radical (unpaired) electrons. The van der Waals surface area contributed by atoms with Gasteiger partial charge in [-0.25, -0.2) is 14.4 Å². The second kappa shape index (κ2) is 10.1. The van der Waals surface area contributed by atoms with Crippen LogP contribution in [0.3, 0.4) is 0 Å². The number of rotatable bonds is 6. The molecule has 1 aliphatic rings. The molecular weight excluding hydrogens is 452 g/mol. The first-order chi connectivity index (χ1) is 17.9. The third-order valence-electron chi connectivity index (χ3n) is 5.67. The molecule has 4 rings (SSSR count). The number of aromatic amines is 1. The second-order valence-corrected chi connectivity index (χ2v) is 8.35. The third kappa shape index (κ3) is 5.58. The van der Waals surface area contributed by atoms with Crippen LogP contribution in [-0.2, 0) is 14.2 Å². The molecule has 2 heterocycles. The van der Waals surface area contributed by atoms with Crippen molar-refractivity contribution in [2.75, 3.05) is 6.61 Å². The molecule has 9 nitrogen and oxygen atoms in total. The zero-order chi connectivity index (χ0) is 27.6. The van der Waals surface area contributed by atoms with E-state index in [4.69, 9.17) is 18.3 Å². The Labute approximate surface area is 205 Å². The molecule has 0 amide bonds. The summed E-state index contributed by atoms with van der Waals surface area (Å²) in [5, 5.41) is 0. The average molecular weight is 482 g/mol. The number of carbonyl (C=O) groups is 2. The van der Waals surface area contributed by atoms with E-state index >= 15 is 0 Å². The molecule has 1 aliphatic heterocycles. The van der Waals surface area contributed by atoms with Crippen LogP contribution >= 0.6 is 0 Å². The first-order valence-electron chi connectivity index (χ1n) is 12.5. The Balaban J connectivity index is 1.58. The van der Waals surface area contributed by atoms with Crippen molar-refractivity contribution in [3.8, 4) is 0 Å². The van der Waals surface area contributed by atoms with Crippen LogP contribution in [0.4, 0.5) is 0 Å². The number of ether oxygens (including phenoxy) is 3. The van der Waals surface area contributed by atoms with Crippen molar-refractivity contribution in [2.24, 2.45) is 0 Å². The van der Waals surface area contributed by atoms with E-state index in [0.29, 0.717) is 11.1 Å². The summed E-state index contributed by atoms with van der Waals surface area (Å²) in [6, 6.07) is 13.5. The Morgan fingerprint density at radius 1 is 1.03 bits per heavy atom. The highest BCUT2D eigenvalue weighted by Crippen LogP contribution is 2.31. The number of hydrogen-bond donors (Lipinski definition) is 1. The molecule has 182 valence electrons. The van der Waals surface area contributed by atoms with Gasteiger partial charge in [-0.2, -0.15) is 0 Å². The molecule has 0 aliphatic carbocycles. The van der Waals surface area contributed by atoms with Gasteiger partial charge in [0, 0.05) is 22.3 Å². The minimum atomic E-state index is -2.78. The first-order valence-corrected chi connectivity index (χ1v) is 11.0. The number of carbonyl (C=O) groups excluding carboxylic acids is 2. The second-order valence-electron chi connectivity index (χ2n) is 8.35. The molecule has 3 aromatic rings. The normalized spacial score (nSPS) is 21.0. The van der Waals surface area contributed by atoms with Crippen LogP contribution in [0, 0.1) is 20.7 Å². The molecular formula is C26H26N2O7. The Morgan fingerprint density at radius 3 is 2.23 bits per heavy atom. The molecule has 0 spiro atoms. The van der Waals surface area contributed by atoms with E-state index < -0.39 is 54.0 Å². The van der Waals surface area contributed by atoms with Gasteiger partial charge in [-0.3, -0.25) is 14.3 Å². The maximum Gasteiger partial charge on any atom is 0.338 e. The lowest BCUT2D eigenvalue weighted by Crippen LogP contribution is -2.33. The smallest absolute Gasteiger partial charge is 0.338 e.